The van der Waals surface area contributed by atoms with E-state index in [1.807, 2.05) is 37.3 Å². The van der Waals surface area contributed by atoms with Gasteiger partial charge in [0.2, 0.25) is 0 Å². The Balaban J connectivity index is 3.11. The average molecular weight is 236 g/mol. The van der Waals surface area contributed by atoms with Gasteiger partial charge in [-0.3, -0.25) is 4.79 Å². The van der Waals surface area contributed by atoms with Gasteiger partial charge >= 0.3 is 8.56 Å². The van der Waals surface area contributed by atoms with E-state index in [0.717, 1.165) is 5.19 Å². The Morgan fingerprint density at radius 3 is 2.50 bits per heavy atom. The SMILES string of the molecule is C=C[Si](OCC)(OC(C)=O)c1ccccc1. The van der Waals surface area contributed by atoms with Gasteiger partial charge < -0.3 is 8.85 Å². The molecule has 1 rings (SSSR count). The molecule has 1 unspecified atom stereocenters. The van der Waals surface area contributed by atoms with Crippen molar-refractivity contribution in [2.24, 2.45) is 0 Å². The highest BCUT2D eigenvalue weighted by atomic mass is 28.4. The maximum atomic E-state index is 11.2. The number of hydrogen-bond acceptors (Lipinski definition) is 3. The van der Waals surface area contributed by atoms with Crippen LogP contribution in [0.1, 0.15) is 13.8 Å². The van der Waals surface area contributed by atoms with E-state index in [0.29, 0.717) is 6.61 Å². The summed E-state index contributed by atoms with van der Waals surface area (Å²) in [5, 5.41) is 0.891. The van der Waals surface area contributed by atoms with Gasteiger partial charge in [-0.05, 0) is 12.6 Å². The lowest BCUT2D eigenvalue weighted by molar-refractivity contribution is -0.133. The van der Waals surface area contributed by atoms with Crippen molar-refractivity contribution < 1.29 is 13.6 Å². The Hall–Kier alpha value is -1.39. The summed E-state index contributed by atoms with van der Waals surface area (Å²) in [6.45, 7) is 7.48. The van der Waals surface area contributed by atoms with Crippen LogP contribution >= 0.6 is 0 Å². The molecule has 1 aromatic rings. The monoisotopic (exact) mass is 236 g/mol. The molecular weight excluding hydrogens is 220 g/mol. The number of benzene rings is 1. The molecule has 16 heavy (non-hydrogen) atoms. The molecule has 0 fully saturated rings. The smallest absolute Gasteiger partial charge is 0.462 e. The maximum absolute atomic E-state index is 11.2. The fourth-order valence-electron chi connectivity index (χ4n) is 1.49. The van der Waals surface area contributed by atoms with Gasteiger partial charge in [0, 0.05) is 18.7 Å². The van der Waals surface area contributed by atoms with Crippen LogP contribution in [0.3, 0.4) is 0 Å². The molecule has 0 saturated carbocycles. The van der Waals surface area contributed by atoms with Gasteiger partial charge in [0.15, 0.2) is 0 Å². The number of carbonyl (C=O) groups is 1. The number of carbonyl (C=O) groups excluding carboxylic acids is 1. The molecule has 86 valence electrons. The van der Waals surface area contributed by atoms with Crippen LogP contribution in [0, 0.1) is 0 Å². The standard InChI is InChI=1S/C12H16O3Si/c1-4-14-16(5-2,15-11(3)13)12-9-7-6-8-10-12/h5-10H,2,4H2,1,3H3. The topological polar surface area (TPSA) is 35.5 Å². The van der Waals surface area contributed by atoms with Crippen LogP contribution < -0.4 is 5.19 Å². The third-order valence-corrected chi connectivity index (χ3v) is 5.08. The van der Waals surface area contributed by atoms with E-state index in [4.69, 9.17) is 8.85 Å². The van der Waals surface area contributed by atoms with E-state index in [1.165, 1.54) is 6.92 Å². The van der Waals surface area contributed by atoms with Crippen molar-refractivity contribution in [1.29, 1.82) is 0 Å². The zero-order chi connectivity index (χ0) is 12.0. The Labute approximate surface area is 96.9 Å². The molecule has 0 aliphatic heterocycles. The molecule has 1 aromatic carbocycles. The average Bonchev–Trinajstić information content (AvgIpc) is 2.29. The quantitative estimate of drug-likeness (QED) is 0.729. The molecule has 0 saturated heterocycles. The second-order valence-corrected chi connectivity index (χ2v) is 6.08. The van der Waals surface area contributed by atoms with Crippen LogP contribution in [0.4, 0.5) is 0 Å². The van der Waals surface area contributed by atoms with Crippen LogP contribution in [0.25, 0.3) is 0 Å². The van der Waals surface area contributed by atoms with Crippen LogP contribution in [-0.4, -0.2) is 21.1 Å². The van der Waals surface area contributed by atoms with Gasteiger partial charge in [0.05, 0.1) is 0 Å². The fraction of sp³-hybridized carbons (Fsp3) is 0.250. The minimum atomic E-state index is -2.79. The minimum absolute atomic E-state index is 0.344. The molecule has 1 atom stereocenters. The summed E-state index contributed by atoms with van der Waals surface area (Å²) < 4.78 is 11.0. The lowest BCUT2D eigenvalue weighted by Crippen LogP contribution is -2.53. The highest BCUT2D eigenvalue weighted by Gasteiger charge is 2.39. The molecular formula is C12H16O3Si. The molecule has 0 amide bonds. The van der Waals surface area contributed by atoms with Crippen LogP contribution in [0.5, 0.6) is 0 Å². The Morgan fingerprint density at radius 2 is 2.06 bits per heavy atom. The molecule has 0 N–H and O–H groups in total. The van der Waals surface area contributed by atoms with E-state index in [-0.39, 0.29) is 5.97 Å². The molecule has 0 bridgehead atoms. The van der Waals surface area contributed by atoms with Crippen molar-refractivity contribution in [2.75, 3.05) is 6.61 Å². The summed E-state index contributed by atoms with van der Waals surface area (Å²) in [7, 11) is -2.79. The van der Waals surface area contributed by atoms with Crippen molar-refractivity contribution >= 4 is 19.7 Å². The van der Waals surface area contributed by atoms with Crippen molar-refractivity contribution in [3.05, 3.63) is 42.6 Å². The van der Waals surface area contributed by atoms with Gasteiger partial charge in [-0.15, -0.1) is 6.58 Å². The molecule has 0 spiro atoms. The third kappa shape index (κ3) is 2.80. The van der Waals surface area contributed by atoms with Gasteiger partial charge in [0.1, 0.15) is 0 Å². The molecule has 0 radical (unpaired) electrons. The first-order chi connectivity index (χ1) is 7.64. The van der Waals surface area contributed by atoms with E-state index >= 15 is 0 Å². The maximum Gasteiger partial charge on any atom is 0.462 e. The largest absolute Gasteiger partial charge is 0.488 e. The Morgan fingerprint density at radius 1 is 1.44 bits per heavy atom. The highest BCUT2D eigenvalue weighted by molar-refractivity contribution is 6.86. The molecule has 4 heteroatoms. The Kier molecular flexibility index (Phi) is 4.46. The van der Waals surface area contributed by atoms with E-state index in [1.54, 1.807) is 5.70 Å². The molecule has 0 aliphatic carbocycles. The molecule has 0 aliphatic rings. The van der Waals surface area contributed by atoms with Gasteiger partial charge in [0.25, 0.3) is 5.97 Å². The predicted octanol–water partition coefficient (Wildman–Crippen LogP) is 1.66. The van der Waals surface area contributed by atoms with E-state index in [9.17, 15) is 4.79 Å². The van der Waals surface area contributed by atoms with Crippen molar-refractivity contribution in [2.45, 2.75) is 13.8 Å². The first kappa shape index (κ1) is 12.7. The summed E-state index contributed by atoms with van der Waals surface area (Å²) in [4.78, 5) is 11.2. The van der Waals surface area contributed by atoms with E-state index in [2.05, 4.69) is 6.58 Å². The van der Waals surface area contributed by atoms with Gasteiger partial charge in [-0.25, -0.2) is 0 Å². The summed E-state index contributed by atoms with van der Waals surface area (Å²) in [6.07, 6.45) is 0. The summed E-state index contributed by atoms with van der Waals surface area (Å²) in [6, 6.07) is 9.48. The molecule has 0 aromatic heterocycles. The van der Waals surface area contributed by atoms with Crippen molar-refractivity contribution in [3.63, 3.8) is 0 Å². The summed E-state index contributed by atoms with van der Waals surface area (Å²) in [5.74, 6) is -0.344. The number of rotatable bonds is 5. The predicted molar refractivity (Wildman–Crippen MR) is 65.4 cm³/mol. The second kappa shape index (κ2) is 5.63. The van der Waals surface area contributed by atoms with Gasteiger partial charge in [-0.2, -0.15) is 0 Å². The second-order valence-electron chi connectivity index (χ2n) is 3.26. The van der Waals surface area contributed by atoms with E-state index < -0.39 is 8.56 Å². The summed E-state index contributed by atoms with van der Waals surface area (Å²) in [5.41, 5.74) is 1.63. The number of hydrogen-bond donors (Lipinski definition) is 0. The Bertz CT molecular complexity index is 364. The van der Waals surface area contributed by atoms with Crippen molar-refractivity contribution in [1.82, 2.24) is 0 Å². The minimum Gasteiger partial charge on any atom is -0.488 e. The molecule has 3 nitrogen and oxygen atoms in total. The zero-order valence-electron chi connectivity index (χ0n) is 9.60. The fourth-order valence-corrected chi connectivity index (χ4v) is 3.78. The third-order valence-electron chi connectivity index (χ3n) is 2.10. The molecule has 0 heterocycles. The van der Waals surface area contributed by atoms with Crippen LogP contribution in [0.2, 0.25) is 0 Å². The first-order valence-electron chi connectivity index (χ1n) is 5.17. The van der Waals surface area contributed by atoms with Crippen molar-refractivity contribution in [3.8, 4) is 0 Å². The van der Waals surface area contributed by atoms with Crippen LogP contribution in [0.15, 0.2) is 42.6 Å². The normalized spacial score (nSPS) is 13.9. The zero-order valence-corrected chi connectivity index (χ0v) is 10.6. The van der Waals surface area contributed by atoms with Gasteiger partial charge in [-0.1, -0.05) is 30.3 Å². The highest BCUT2D eigenvalue weighted by Crippen LogP contribution is 2.10. The lowest BCUT2D eigenvalue weighted by Gasteiger charge is -2.26. The summed E-state index contributed by atoms with van der Waals surface area (Å²) >= 11 is 0. The first-order valence-corrected chi connectivity index (χ1v) is 7.06. The lowest BCUT2D eigenvalue weighted by atomic mass is 10.4. The van der Waals surface area contributed by atoms with Crippen LogP contribution in [-0.2, 0) is 13.6 Å².